The lowest BCUT2D eigenvalue weighted by Crippen LogP contribution is -2.59. The number of aliphatic carboxylic acids is 2. The molecule has 0 aromatic heterocycles. The van der Waals surface area contributed by atoms with E-state index in [0.29, 0.717) is 0 Å². The molecule has 0 unspecified atom stereocenters. The molecule has 0 saturated carbocycles. The molecule has 0 rings (SSSR count). The topological polar surface area (TPSA) is 197 Å². The van der Waals surface area contributed by atoms with Crippen molar-refractivity contribution in [1.29, 1.82) is 0 Å². The average molecular weight is 198 g/mol. The summed E-state index contributed by atoms with van der Waals surface area (Å²) in [7, 11) is 0. The summed E-state index contributed by atoms with van der Waals surface area (Å²) in [6, 6.07) is 0. The number of quaternary nitrogens is 2. The third-order valence-electron chi connectivity index (χ3n) is 0.440. The van der Waals surface area contributed by atoms with Gasteiger partial charge in [0, 0.05) is 0 Å². The van der Waals surface area contributed by atoms with Gasteiger partial charge in [-0.1, -0.05) is 0 Å². The summed E-state index contributed by atoms with van der Waals surface area (Å²) in [5, 5.41) is 19.1. The predicted octanol–water partition coefficient (Wildman–Crippen LogP) is -7.29. The minimum Gasteiger partial charge on any atom is -0.548 e. The molecule has 0 aliphatic heterocycles. The number of ether oxygens (including phenoxy) is 1. The predicted molar refractivity (Wildman–Crippen MR) is 35.0 cm³/mol. The second kappa shape index (κ2) is 17.0. The third kappa shape index (κ3) is 36.5. The number of carbonyl (C=O) groups excluding carboxylic acids is 2. The summed E-state index contributed by atoms with van der Waals surface area (Å²) >= 11 is 0. The number of nitrogens with two attached hydrogens (primary N) is 2. The summed E-state index contributed by atoms with van der Waals surface area (Å²) in [6.07, 6.45) is 0. The molecule has 0 aliphatic rings. The van der Waals surface area contributed by atoms with E-state index in [1.807, 2.05) is 0 Å². The fourth-order valence-electron chi connectivity index (χ4n) is 0.218. The monoisotopic (exact) mass is 198 g/mol. The van der Waals surface area contributed by atoms with E-state index in [1.165, 1.54) is 0 Å². The lowest BCUT2D eigenvalue weighted by atomic mass is 10.7. The van der Waals surface area contributed by atoms with Crippen LogP contribution in [0.1, 0.15) is 0 Å². The zero-order chi connectivity index (χ0) is 11.3. The Morgan fingerprint density at radius 2 is 1.23 bits per heavy atom. The largest absolute Gasteiger partial charge is 0.548 e. The molecular weight excluding hydrogens is 184 g/mol. The molecule has 0 atom stereocenters. The minimum absolute atomic E-state index is 0.714. The zero-order valence-electron chi connectivity index (χ0n) is 7.02. The second-order valence-electron chi connectivity index (χ2n) is 1.24. The van der Waals surface area contributed by atoms with Crippen molar-refractivity contribution in [3.05, 3.63) is 0 Å². The fraction of sp³-hybridized carbons (Fsp3) is 0.500. The van der Waals surface area contributed by atoms with Gasteiger partial charge in [-0.2, -0.15) is 11.7 Å². The van der Waals surface area contributed by atoms with Gasteiger partial charge in [0.2, 0.25) is 0 Å². The Labute approximate surface area is 74.2 Å². The highest BCUT2D eigenvalue weighted by molar-refractivity contribution is 5.68. The molecule has 0 aromatic carbocycles. The summed E-state index contributed by atoms with van der Waals surface area (Å²) in [4.78, 5) is 19.1. The highest BCUT2D eigenvalue weighted by Gasteiger charge is 1.86. The van der Waals surface area contributed by atoms with Crippen molar-refractivity contribution >= 4 is 11.9 Å². The lowest BCUT2D eigenvalue weighted by molar-refractivity contribution is -0.379. The molecule has 0 heterocycles. The molecule has 0 radical (unpaired) electrons. The Hall–Kier alpha value is -1.26. The summed E-state index contributed by atoms with van der Waals surface area (Å²) < 4.78 is 4.03. The van der Waals surface area contributed by atoms with Gasteiger partial charge in [-0.15, -0.1) is 0 Å². The van der Waals surface area contributed by atoms with E-state index in [-0.39, 0.29) is 0 Å². The first-order valence-corrected chi connectivity index (χ1v) is 2.92. The molecule has 0 fully saturated rings. The second-order valence-corrected chi connectivity index (χ2v) is 1.24. The average Bonchev–Trinajstić information content (AvgIpc) is 2.10. The first kappa shape index (κ1) is 17.7. The molecule has 0 aromatic rings. The van der Waals surface area contributed by atoms with Crippen molar-refractivity contribution in [2.24, 2.45) is 11.7 Å². The molecule has 13 heavy (non-hydrogen) atoms. The van der Waals surface area contributed by atoms with Crippen LogP contribution < -0.4 is 33.6 Å². The smallest absolute Gasteiger partial charge is 0.0866 e. The van der Waals surface area contributed by atoms with Crippen molar-refractivity contribution in [2.75, 3.05) is 13.2 Å². The molecule has 10 N–H and O–H groups in total. The standard InChI is InChI=1S/C4H6O5.2H4N2/c5-3(6)1-9-2-4(7)8;2*1-2/h1-2H2,(H,5,6)(H,7,8);2*1-2H2. The normalized spacial score (nSPS) is 7.08. The number of rotatable bonds is 4. The van der Waals surface area contributed by atoms with Crippen LogP contribution in [0.4, 0.5) is 0 Å². The first-order valence-electron chi connectivity index (χ1n) is 2.92. The number of carboxylic acid groups (broad SMARTS) is 2. The van der Waals surface area contributed by atoms with E-state index < -0.39 is 25.2 Å². The summed E-state index contributed by atoms with van der Waals surface area (Å²) in [5.41, 5.74) is 0. The molecule has 0 spiro atoms. The van der Waals surface area contributed by atoms with Crippen molar-refractivity contribution in [3.63, 3.8) is 0 Å². The molecule has 0 saturated heterocycles. The quantitative estimate of drug-likeness (QED) is 0.254. The third-order valence-corrected chi connectivity index (χ3v) is 0.440. The number of carboxylic acids is 2. The number of carbonyl (C=O) groups is 2. The van der Waals surface area contributed by atoms with Crippen molar-refractivity contribution in [1.82, 2.24) is 0 Å². The molecule has 0 aliphatic carbocycles. The van der Waals surface area contributed by atoms with Crippen molar-refractivity contribution < 1.29 is 36.2 Å². The van der Waals surface area contributed by atoms with Gasteiger partial charge in [-0.3, -0.25) is 11.7 Å². The lowest BCUT2D eigenvalue weighted by Gasteiger charge is -2.03. The van der Waals surface area contributed by atoms with E-state index >= 15 is 0 Å². The van der Waals surface area contributed by atoms with Crippen LogP contribution in [0, 0.1) is 0 Å². The van der Waals surface area contributed by atoms with E-state index in [9.17, 15) is 19.8 Å². The van der Waals surface area contributed by atoms with E-state index in [2.05, 4.69) is 28.1 Å². The van der Waals surface area contributed by atoms with Crippen molar-refractivity contribution in [3.8, 4) is 0 Å². The Kier molecular flexibility index (Phi) is 23.2. The van der Waals surface area contributed by atoms with E-state index in [0.717, 1.165) is 0 Å². The molecule has 0 bridgehead atoms. The summed E-state index contributed by atoms with van der Waals surface area (Å²) in [6.45, 7) is -1.43. The van der Waals surface area contributed by atoms with Crippen LogP contribution in [0.15, 0.2) is 0 Å². The SMILES string of the molecule is N[NH3+].N[NH3+].O=C([O-])COCC(=O)[O-]. The number of hydrogen-bond acceptors (Lipinski definition) is 7. The van der Waals surface area contributed by atoms with Gasteiger partial charge in [-0.05, 0) is 0 Å². The van der Waals surface area contributed by atoms with Gasteiger partial charge >= 0.3 is 0 Å². The van der Waals surface area contributed by atoms with Crippen LogP contribution in [-0.2, 0) is 14.3 Å². The maximum Gasteiger partial charge on any atom is 0.0866 e. The molecular formula is C4H14N4O5. The van der Waals surface area contributed by atoms with Gasteiger partial charge in [0.15, 0.2) is 0 Å². The van der Waals surface area contributed by atoms with E-state index in [1.54, 1.807) is 0 Å². The van der Waals surface area contributed by atoms with Gasteiger partial charge < -0.3 is 24.5 Å². The van der Waals surface area contributed by atoms with Crippen LogP contribution in [0.25, 0.3) is 0 Å². The maximum absolute atomic E-state index is 9.53. The minimum atomic E-state index is -1.45. The van der Waals surface area contributed by atoms with Gasteiger partial charge in [0.05, 0.1) is 25.2 Å². The Balaban J connectivity index is -0.000000218. The molecule has 0 amide bonds. The Bertz CT molecular complexity index is 116. The highest BCUT2D eigenvalue weighted by atomic mass is 16.5. The summed E-state index contributed by atoms with van der Waals surface area (Å²) in [5.74, 6) is 11.1. The molecule has 9 heteroatoms. The Morgan fingerprint density at radius 1 is 1.00 bits per heavy atom. The zero-order valence-corrected chi connectivity index (χ0v) is 7.02. The van der Waals surface area contributed by atoms with Crippen LogP contribution in [-0.4, -0.2) is 25.2 Å². The van der Waals surface area contributed by atoms with Crippen LogP contribution in [0.2, 0.25) is 0 Å². The van der Waals surface area contributed by atoms with Gasteiger partial charge in [-0.25, -0.2) is 0 Å². The van der Waals surface area contributed by atoms with Crippen LogP contribution >= 0.6 is 0 Å². The van der Waals surface area contributed by atoms with Crippen molar-refractivity contribution in [2.45, 2.75) is 0 Å². The number of hydrogen-bond donors (Lipinski definition) is 4. The van der Waals surface area contributed by atoms with Crippen LogP contribution in [0.3, 0.4) is 0 Å². The molecule has 80 valence electrons. The Morgan fingerprint density at radius 3 is 1.38 bits per heavy atom. The first-order chi connectivity index (χ1) is 6.13. The van der Waals surface area contributed by atoms with Crippen LogP contribution in [0.5, 0.6) is 0 Å². The van der Waals surface area contributed by atoms with E-state index in [4.69, 9.17) is 0 Å². The maximum atomic E-state index is 9.53. The highest BCUT2D eigenvalue weighted by Crippen LogP contribution is 1.68. The molecule has 9 nitrogen and oxygen atoms in total. The fourth-order valence-corrected chi connectivity index (χ4v) is 0.218. The van der Waals surface area contributed by atoms with Gasteiger partial charge in [0.25, 0.3) is 0 Å². The van der Waals surface area contributed by atoms with Gasteiger partial charge in [0.1, 0.15) is 0 Å².